The maximum absolute atomic E-state index is 13.8. The number of urea groups is 1. The summed E-state index contributed by atoms with van der Waals surface area (Å²) < 4.78 is 15.4. The summed E-state index contributed by atoms with van der Waals surface area (Å²) in [7, 11) is 0. The third-order valence-corrected chi connectivity index (χ3v) is 4.25. The molecule has 2 aromatic carbocycles. The number of hydrogen-bond acceptors (Lipinski definition) is 3. The molecule has 2 amide bonds. The Labute approximate surface area is 163 Å². The molecule has 3 N–H and O–H groups in total. The Hall–Kier alpha value is -3.19. The lowest BCUT2D eigenvalue weighted by Gasteiger charge is -2.11. The molecular weight excluding hydrogens is 359 g/mol. The van der Waals surface area contributed by atoms with Gasteiger partial charge in [0.15, 0.2) is 0 Å². The number of carbonyl (C=O) groups excluding carboxylic acids is 1. The average molecular weight is 382 g/mol. The van der Waals surface area contributed by atoms with E-state index >= 15 is 0 Å². The second kappa shape index (κ2) is 9.14. The van der Waals surface area contributed by atoms with Crippen molar-refractivity contribution in [2.45, 2.75) is 32.8 Å². The molecule has 0 saturated carbocycles. The highest BCUT2D eigenvalue weighted by Crippen LogP contribution is 2.21. The van der Waals surface area contributed by atoms with Crippen LogP contribution in [-0.2, 0) is 13.0 Å². The first-order chi connectivity index (χ1) is 13.6. The van der Waals surface area contributed by atoms with Crippen molar-refractivity contribution >= 4 is 17.5 Å². The first-order valence-corrected chi connectivity index (χ1v) is 9.22. The average Bonchev–Trinajstić information content (AvgIpc) is 3.10. The molecule has 0 unspecified atom stereocenters. The van der Waals surface area contributed by atoms with Gasteiger partial charge in [-0.05, 0) is 42.7 Å². The summed E-state index contributed by atoms with van der Waals surface area (Å²) in [5.41, 5.74) is 2.40. The Balaban J connectivity index is 1.86. The molecule has 0 fully saturated rings. The van der Waals surface area contributed by atoms with Crippen LogP contribution in [0.1, 0.15) is 31.0 Å². The Morgan fingerprint density at radius 3 is 2.71 bits per heavy atom. The van der Waals surface area contributed by atoms with E-state index in [4.69, 9.17) is 0 Å². The minimum atomic E-state index is -0.563. The van der Waals surface area contributed by atoms with Gasteiger partial charge in [0.2, 0.25) is 0 Å². The van der Waals surface area contributed by atoms with Crippen LogP contribution in [0.25, 0.3) is 5.69 Å². The number of halogens is 1. The van der Waals surface area contributed by atoms with E-state index in [1.54, 1.807) is 22.9 Å². The number of carbonyl (C=O) groups is 1. The summed E-state index contributed by atoms with van der Waals surface area (Å²) in [5.74, 6) is -0.0412. The Morgan fingerprint density at radius 1 is 1.14 bits per heavy atom. The fourth-order valence-electron chi connectivity index (χ4n) is 2.82. The van der Waals surface area contributed by atoms with Crippen LogP contribution in [0.4, 0.5) is 20.7 Å². The monoisotopic (exact) mass is 382 g/mol. The number of para-hydroxylation sites is 1. The third-order valence-electron chi connectivity index (χ3n) is 4.25. The van der Waals surface area contributed by atoms with E-state index in [-0.39, 0.29) is 12.3 Å². The van der Waals surface area contributed by atoms with Crippen molar-refractivity contribution < 1.29 is 14.3 Å². The summed E-state index contributed by atoms with van der Waals surface area (Å²) in [4.78, 5) is 12.4. The summed E-state index contributed by atoms with van der Waals surface area (Å²) in [6.07, 6.45) is 2.80. The topological polar surface area (TPSA) is 79.2 Å². The van der Waals surface area contributed by atoms with Crippen molar-refractivity contribution in [2.75, 3.05) is 10.6 Å². The van der Waals surface area contributed by atoms with Gasteiger partial charge in [-0.1, -0.05) is 37.6 Å². The van der Waals surface area contributed by atoms with E-state index in [1.807, 2.05) is 24.3 Å². The summed E-state index contributed by atoms with van der Waals surface area (Å²) in [6, 6.07) is 14.5. The second-order valence-electron chi connectivity index (χ2n) is 6.42. The Bertz CT molecular complexity index is 955. The fourth-order valence-corrected chi connectivity index (χ4v) is 2.82. The van der Waals surface area contributed by atoms with Crippen molar-refractivity contribution in [2.24, 2.45) is 0 Å². The van der Waals surface area contributed by atoms with Gasteiger partial charge in [-0.15, -0.1) is 0 Å². The van der Waals surface area contributed by atoms with Crippen molar-refractivity contribution in [1.82, 2.24) is 9.78 Å². The zero-order valence-electron chi connectivity index (χ0n) is 15.7. The molecule has 1 aromatic heterocycles. The second-order valence-corrected chi connectivity index (χ2v) is 6.42. The van der Waals surface area contributed by atoms with E-state index in [0.29, 0.717) is 5.82 Å². The maximum Gasteiger partial charge on any atom is 0.324 e. The van der Waals surface area contributed by atoms with Crippen LogP contribution in [-0.4, -0.2) is 20.9 Å². The number of anilines is 2. The number of benzene rings is 2. The maximum atomic E-state index is 13.8. The van der Waals surface area contributed by atoms with Gasteiger partial charge in [0.25, 0.3) is 0 Å². The highest BCUT2D eigenvalue weighted by atomic mass is 19.1. The number of nitrogens with one attached hydrogen (secondary N) is 2. The quantitative estimate of drug-likeness (QED) is 0.563. The molecule has 146 valence electrons. The van der Waals surface area contributed by atoms with E-state index in [2.05, 4.69) is 22.7 Å². The largest absolute Gasteiger partial charge is 0.392 e. The minimum absolute atomic E-state index is 0.0890. The molecule has 0 aliphatic heterocycles. The lowest BCUT2D eigenvalue weighted by Crippen LogP contribution is -2.21. The smallest absolute Gasteiger partial charge is 0.324 e. The molecule has 0 atom stereocenters. The van der Waals surface area contributed by atoms with E-state index in [0.717, 1.165) is 36.2 Å². The van der Waals surface area contributed by atoms with Gasteiger partial charge < -0.3 is 10.4 Å². The van der Waals surface area contributed by atoms with Gasteiger partial charge in [0, 0.05) is 6.07 Å². The van der Waals surface area contributed by atoms with Crippen molar-refractivity contribution in [1.29, 1.82) is 0 Å². The SMILES string of the molecule is CCCCc1cc(NC(=O)Nc2ccccc2F)n(-c2cccc(CO)c2)n1. The molecule has 0 radical (unpaired) electrons. The third kappa shape index (κ3) is 4.75. The van der Waals surface area contributed by atoms with Crippen LogP contribution in [0.3, 0.4) is 0 Å². The molecule has 1 heterocycles. The molecular formula is C21H23FN4O2. The van der Waals surface area contributed by atoms with Crippen LogP contribution >= 0.6 is 0 Å². The van der Waals surface area contributed by atoms with Gasteiger partial charge in [0.1, 0.15) is 11.6 Å². The zero-order valence-corrected chi connectivity index (χ0v) is 15.7. The summed E-state index contributed by atoms with van der Waals surface area (Å²) in [6.45, 7) is 2.01. The van der Waals surface area contributed by atoms with Crippen molar-refractivity contribution in [3.8, 4) is 5.69 Å². The van der Waals surface area contributed by atoms with Gasteiger partial charge in [-0.3, -0.25) is 5.32 Å². The molecule has 0 saturated heterocycles. The lowest BCUT2D eigenvalue weighted by atomic mass is 10.2. The Kier molecular flexibility index (Phi) is 6.39. The van der Waals surface area contributed by atoms with Crippen LogP contribution < -0.4 is 10.6 Å². The predicted octanol–water partition coefficient (Wildman–Crippen LogP) is 4.49. The number of rotatable bonds is 7. The molecule has 3 aromatic rings. The number of amides is 2. The molecule has 28 heavy (non-hydrogen) atoms. The van der Waals surface area contributed by atoms with Gasteiger partial charge in [0.05, 0.1) is 23.7 Å². The molecule has 0 aliphatic rings. The molecule has 7 heteroatoms. The van der Waals surface area contributed by atoms with Gasteiger partial charge in [-0.2, -0.15) is 5.10 Å². The number of aliphatic hydroxyl groups is 1. The highest BCUT2D eigenvalue weighted by Gasteiger charge is 2.14. The van der Waals surface area contributed by atoms with Crippen molar-refractivity contribution in [3.63, 3.8) is 0 Å². The van der Waals surface area contributed by atoms with E-state index < -0.39 is 11.8 Å². The number of aromatic nitrogens is 2. The van der Waals surface area contributed by atoms with Crippen LogP contribution in [0, 0.1) is 5.82 Å². The lowest BCUT2D eigenvalue weighted by molar-refractivity contribution is 0.262. The first kappa shape index (κ1) is 19.6. The van der Waals surface area contributed by atoms with Crippen LogP contribution in [0.5, 0.6) is 0 Å². The molecule has 3 rings (SSSR count). The number of nitrogens with zero attached hydrogens (tertiary/aromatic N) is 2. The van der Waals surface area contributed by atoms with Crippen molar-refractivity contribution in [3.05, 3.63) is 71.7 Å². The number of aliphatic hydroxyl groups excluding tert-OH is 1. The van der Waals surface area contributed by atoms with Crippen LogP contribution in [0.2, 0.25) is 0 Å². The number of hydrogen-bond donors (Lipinski definition) is 3. The Morgan fingerprint density at radius 2 is 1.96 bits per heavy atom. The molecule has 0 bridgehead atoms. The fraction of sp³-hybridized carbons (Fsp3) is 0.238. The van der Waals surface area contributed by atoms with Crippen LogP contribution in [0.15, 0.2) is 54.6 Å². The highest BCUT2D eigenvalue weighted by molar-refractivity contribution is 5.99. The molecule has 6 nitrogen and oxygen atoms in total. The van der Waals surface area contributed by atoms with Gasteiger partial charge >= 0.3 is 6.03 Å². The van der Waals surface area contributed by atoms with Gasteiger partial charge in [-0.25, -0.2) is 13.9 Å². The van der Waals surface area contributed by atoms with E-state index in [1.165, 1.54) is 12.1 Å². The molecule has 0 aliphatic carbocycles. The summed E-state index contributed by atoms with van der Waals surface area (Å²) >= 11 is 0. The normalized spacial score (nSPS) is 10.7. The minimum Gasteiger partial charge on any atom is -0.392 e. The zero-order chi connectivity index (χ0) is 19.9. The van der Waals surface area contributed by atoms with E-state index in [9.17, 15) is 14.3 Å². The number of unbranched alkanes of at least 4 members (excludes halogenated alkanes) is 1. The standard InChI is InChI=1S/C21H23FN4O2/c1-2-3-8-16-13-20(24-21(28)23-19-11-5-4-10-18(19)22)26(25-16)17-9-6-7-15(12-17)14-27/h4-7,9-13,27H,2-3,8,14H2,1H3,(H2,23,24,28). The first-order valence-electron chi connectivity index (χ1n) is 9.22. The molecule has 0 spiro atoms. The number of aryl methyl sites for hydroxylation is 1. The predicted molar refractivity (Wildman–Crippen MR) is 107 cm³/mol. The summed E-state index contributed by atoms with van der Waals surface area (Å²) in [5, 5.41) is 19.2.